The molecule has 3 aliphatic rings. The number of halogens is 3. The van der Waals surface area contributed by atoms with Crippen LogP contribution in [0.1, 0.15) is 104 Å². The predicted octanol–water partition coefficient (Wildman–Crippen LogP) is 6.66. The Hall–Kier alpha value is -7.82. The number of aromatic nitrogens is 10. The molecule has 0 aliphatic heterocycles. The van der Waals surface area contributed by atoms with Gasteiger partial charge in [0.1, 0.15) is 17.7 Å². The van der Waals surface area contributed by atoms with Crippen molar-refractivity contribution in [2.24, 2.45) is 17.2 Å². The molecule has 4 atom stereocenters. The number of anilines is 2. The monoisotopic (exact) mass is 1220 g/mol. The summed E-state index contributed by atoms with van der Waals surface area (Å²) in [6.07, 6.45) is 16.8. The number of rotatable bonds is 9. The number of Topliss-reactive ketones (excluding diaryl/α,β-unsaturated/α-hetero) is 1. The Labute approximate surface area is 539 Å². The van der Waals surface area contributed by atoms with Crippen molar-refractivity contribution >= 4 is 63.6 Å². The number of aliphatic carboxylic acids is 1. The van der Waals surface area contributed by atoms with Crippen LogP contribution in [0.3, 0.4) is 0 Å². The van der Waals surface area contributed by atoms with Crippen molar-refractivity contribution in [2.75, 3.05) is 11.1 Å². The first-order chi connectivity index (χ1) is 41.4. The number of fused-ring (bicyclic) bond motifs is 5. The summed E-state index contributed by atoms with van der Waals surface area (Å²) in [4.78, 5) is 47.4. The summed E-state index contributed by atoms with van der Waals surface area (Å²) in [6, 6.07) is 34.5. The van der Waals surface area contributed by atoms with Crippen molar-refractivity contribution in [1.82, 2.24) is 49.1 Å². The number of hydrogen-bond donors (Lipinski definition) is 6. The molecule has 18 nitrogen and oxygen atoms in total. The van der Waals surface area contributed by atoms with Gasteiger partial charge in [-0.25, -0.2) is 18.7 Å². The molecule has 88 heavy (non-hydrogen) atoms. The van der Waals surface area contributed by atoms with Crippen molar-refractivity contribution in [3.05, 3.63) is 213 Å². The van der Waals surface area contributed by atoms with Crippen molar-refractivity contribution in [1.29, 1.82) is 0 Å². The number of benzene rings is 4. The van der Waals surface area contributed by atoms with Crippen LogP contribution in [-0.2, 0) is 54.5 Å². The van der Waals surface area contributed by atoms with Gasteiger partial charge in [-0.15, -0.1) is 0 Å². The van der Waals surface area contributed by atoms with E-state index >= 15 is 0 Å². The van der Waals surface area contributed by atoms with Gasteiger partial charge >= 0.3 is 24.8 Å². The number of nitrogen functional groups attached to an aromatic ring is 1. The average molecular weight is 1220 g/mol. The first kappa shape index (κ1) is 67.7. The first-order valence-electron chi connectivity index (χ1n) is 28.6. The molecule has 6 aromatic heterocycles. The van der Waals surface area contributed by atoms with E-state index in [9.17, 15) is 18.4 Å². The molecule has 4 aromatic carbocycles. The number of nitrogens with zero attached hydrogens (tertiary/aromatic N) is 10. The van der Waals surface area contributed by atoms with E-state index < -0.39 is 23.6 Å². The second kappa shape index (κ2) is 31.4. The van der Waals surface area contributed by atoms with Gasteiger partial charge in [0.2, 0.25) is 11.2 Å². The van der Waals surface area contributed by atoms with Crippen LogP contribution in [0.15, 0.2) is 146 Å². The number of carbonyl (C=O) groups is 2. The number of carbonyl (C=O) groups excluding carboxylic acids is 1. The van der Waals surface area contributed by atoms with Gasteiger partial charge in [0, 0.05) is 82.6 Å². The summed E-state index contributed by atoms with van der Waals surface area (Å²) in [5.41, 5.74) is 36.3. The second-order valence-electron chi connectivity index (χ2n) is 22.1. The minimum atomic E-state index is -1.01. The van der Waals surface area contributed by atoms with Crippen LogP contribution >= 0.6 is 11.6 Å². The standard InChI is InChI=1S/C23H23FN6.C13H11ClFN5.C10H11NO.C10H13N.C9H12N2O2.Al.Li.H/c1-14(2)20-13-26-30-22(20)28-21(17-9-18(24)12-25-11-17)29-23(30)27-19-8-7-15-5-3-4-6-16(15)10-19;1-7(2)10-6-17-20-12(10)18-11(19-13(20)14)8-3-9(15)5-16-4-8;11-9-5-7-3-1-2-4-8(7)6-10(9)12;11-10-6-5-8-3-1-2-4-9(8)7-10;10-7-4-2-1-3-6(7)5-8(11)9(12)13;;;/h3-6,9,11-14,19H,7-8,10H2,1-2H3,(H,27,28,29);3-7H,1-2H3;1-4,9H,5-6,11H2;1-4,10H,5-7,11H2;1-4,8H,5,10-11H2,(H,12,13);;;/q;;;;;;+1;-1/t19-;;9-;10-;8-;;;/m0.101.../s1. The summed E-state index contributed by atoms with van der Waals surface area (Å²) in [6.45, 7) is 8.29. The molecule has 3 radical (unpaired) electrons. The van der Waals surface area contributed by atoms with Gasteiger partial charge < -0.3 is 34.8 Å². The van der Waals surface area contributed by atoms with E-state index in [1.54, 1.807) is 41.2 Å². The molecule has 6 heterocycles. The van der Waals surface area contributed by atoms with Gasteiger partial charge in [0.25, 0.3) is 0 Å². The number of pyridine rings is 2. The van der Waals surface area contributed by atoms with Gasteiger partial charge in [-0.2, -0.15) is 29.2 Å². The summed E-state index contributed by atoms with van der Waals surface area (Å²) in [5, 5.41) is 21.0. The fourth-order valence-corrected chi connectivity index (χ4v) is 10.6. The van der Waals surface area contributed by atoms with Crippen LogP contribution in [-0.4, -0.2) is 108 Å². The predicted molar refractivity (Wildman–Crippen MR) is 337 cm³/mol. The van der Waals surface area contributed by atoms with Gasteiger partial charge in [-0.3, -0.25) is 19.6 Å². The van der Waals surface area contributed by atoms with Crippen LogP contribution in [0.5, 0.6) is 0 Å². The molecular formula is C65H71AlClF2LiN15O3. The third kappa shape index (κ3) is 17.3. The zero-order valence-electron chi connectivity index (χ0n) is 50.9. The molecule has 449 valence electrons. The summed E-state index contributed by atoms with van der Waals surface area (Å²) in [7, 11) is 0. The first-order valence-corrected chi connectivity index (χ1v) is 29.0. The Kier molecular flexibility index (Phi) is 24.1. The second-order valence-corrected chi connectivity index (χ2v) is 22.5. The molecular weight excluding hydrogens is 1150 g/mol. The molecule has 0 unspecified atom stereocenters. The van der Waals surface area contributed by atoms with Crippen LogP contribution in [0.2, 0.25) is 5.28 Å². The fraction of sp³-hybridized carbons (Fsp3) is 0.292. The quantitative estimate of drug-likeness (QED) is 0.0651. The molecule has 0 saturated heterocycles. The van der Waals surface area contributed by atoms with Gasteiger partial charge in [0.15, 0.2) is 28.7 Å². The summed E-state index contributed by atoms with van der Waals surface area (Å²) in [5.74, 6) is 0.189. The third-order valence-electron chi connectivity index (χ3n) is 15.1. The number of carboxylic acid groups (broad SMARTS) is 1. The molecule has 0 amide bonds. The number of nitrogens with one attached hydrogen (secondary N) is 1. The minimum Gasteiger partial charge on any atom is -1.00 e. The van der Waals surface area contributed by atoms with E-state index in [1.165, 1.54) is 56.9 Å². The minimum absolute atomic E-state index is 0. The number of para-hydroxylation sites is 1. The van der Waals surface area contributed by atoms with E-state index in [-0.39, 0.29) is 79.1 Å². The maximum absolute atomic E-state index is 13.8. The smallest absolute Gasteiger partial charge is 1.00 e. The van der Waals surface area contributed by atoms with Crippen LogP contribution in [0.25, 0.3) is 34.1 Å². The van der Waals surface area contributed by atoms with E-state index in [2.05, 4.69) is 97.8 Å². The van der Waals surface area contributed by atoms with Crippen molar-refractivity contribution < 1.29 is 43.8 Å². The Morgan fingerprint density at radius 3 is 1.72 bits per heavy atom. The molecule has 3 aliphatic carbocycles. The molecule has 0 bridgehead atoms. The van der Waals surface area contributed by atoms with E-state index in [0.29, 0.717) is 58.9 Å². The average Bonchev–Trinajstić information content (AvgIpc) is 3.01. The van der Waals surface area contributed by atoms with Crippen LogP contribution in [0.4, 0.5) is 20.4 Å². The van der Waals surface area contributed by atoms with E-state index in [1.807, 2.05) is 44.3 Å². The number of aryl methyl sites for hydroxylation is 2. The van der Waals surface area contributed by atoms with E-state index in [4.69, 9.17) is 49.6 Å². The molecule has 10 aromatic rings. The van der Waals surface area contributed by atoms with Crippen LogP contribution in [0, 0.1) is 11.6 Å². The van der Waals surface area contributed by atoms with Gasteiger partial charge in [-0.1, -0.05) is 119 Å². The van der Waals surface area contributed by atoms with Gasteiger partial charge in [0.05, 0.1) is 30.8 Å². The maximum atomic E-state index is 13.8. The summed E-state index contributed by atoms with van der Waals surface area (Å²) < 4.78 is 30.2. The Morgan fingerprint density at radius 1 is 0.670 bits per heavy atom. The molecule has 0 spiro atoms. The maximum Gasteiger partial charge on any atom is 1.00 e. The Balaban J connectivity index is 0.000000187. The third-order valence-corrected chi connectivity index (χ3v) is 15.4. The Morgan fingerprint density at radius 2 is 1.16 bits per heavy atom. The van der Waals surface area contributed by atoms with Crippen molar-refractivity contribution in [2.45, 2.75) is 121 Å². The topological polar surface area (TPSA) is 282 Å². The van der Waals surface area contributed by atoms with Gasteiger partial charge in [-0.05, 0) is 126 Å². The molecule has 0 fully saturated rings. The molecule has 13 rings (SSSR count). The summed E-state index contributed by atoms with van der Waals surface area (Å²) >= 11 is 6.11. The molecule has 23 heteroatoms. The van der Waals surface area contributed by atoms with Crippen LogP contribution < -0.4 is 47.1 Å². The van der Waals surface area contributed by atoms with Crippen molar-refractivity contribution in [3.63, 3.8) is 0 Å². The van der Waals surface area contributed by atoms with E-state index in [0.717, 1.165) is 72.6 Å². The van der Waals surface area contributed by atoms with Crippen molar-refractivity contribution in [3.8, 4) is 22.8 Å². The fourth-order valence-electron chi connectivity index (χ4n) is 10.4. The largest absolute Gasteiger partial charge is 1.00 e. The number of ketones is 1. The Bertz CT molecular complexity index is 4010. The number of nitrogens with two attached hydrogens (primary N) is 4. The number of carboxylic acids is 1. The SMILES string of the molecule is CC(C)c1cnn2c(Cl)nc(-c3cncc(F)c3)nc12.CC(C)c1cnn2c(N[C@H]3CCc4ccccc4C3)nc(-c3cncc(F)c3)nc12.N[C@@H]1Cc2ccccc2CC1=O.N[C@H]1CCc2ccccc2C1.Nc1ccccc1C[C@@H](N)C(=O)O.[Al].[H-].[Li+]. The molecule has 10 N–H and O–H groups in total. The zero-order valence-corrected chi connectivity index (χ0v) is 51.9. The molecule has 0 saturated carbocycles. The zero-order chi connectivity index (χ0) is 61.0. The number of hydrogen-bond acceptors (Lipinski definition) is 15. The normalized spacial score (nSPS) is 15.8.